The number of carbonyl (C=O) groups excluding carboxylic acids is 1. The van der Waals surface area contributed by atoms with Crippen LogP contribution in [0.4, 0.5) is 0 Å². The molecule has 0 saturated heterocycles. The van der Waals surface area contributed by atoms with Gasteiger partial charge in [0.2, 0.25) is 0 Å². The van der Waals surface area contributed by atoms with E-state index in [0.29, 0.717) is 18.9 Å². The SMILES string of the molecule is CC.CCOCCn1cc(C2=CC(CC(C)=O)CC=C2)cn1. The molecule has 4 heteroatoms. The van der Waals surface area contributed by atoms with Gasteiger partial charge in [0, 0.05) is 24.8 Å². The van der Waals surface area contributed by atoms with Gasteiger partial charge in [-0.2, -0.15) is 5.10 Å². The number of nitrogens with zero attached hydrogens (tertiary/aromatic N) is 2. The van der Waals surface area contributed by atoms with Gasteiger partial charge < -0.3 is 9.53 Å². The second kappa shape index (κ2) is 10.1. The van der Waals surface area contributed by atoms with E-state index in [0.717, 1.165) is 30.7 Å². The fourth-order valence-corrected chi connectivity index (χ4v) is 2.39. The molecule has 22 heavy (non-hydrogen) atoms. The zero-order valence-corrected chi connectivity index (χ0v) is 14.2. The quantitative estimate of drug-likeness (QED) is 0.718. The third-order valence-corrected chi connectivity index (χ3v) is 3.34. The normalized spacial score (nSPS) is 16.7. The maximum Gasteiger partial charge on any atom is 0.130 e. The number of allylic oxidation sites excluding steroid dienone is 4. The first kappa shape index (κ1) is 18.4. The summed E-state index contributed by atoms with van der Waals surface area (Å²) in [6.45, 7) is 9.81. The number of ketones is 1. The lowest BCUT2D eigenvalue weighted by Gasteiger charge is -2.14. The summed E-state index contributed by atoms with van der Waals surface area (Å²) in [6, 6.07) is 0. The van der Waals surface area contributed by atoms with Crippen molar-refractivity contribution in [2.24, 2.45) is 5.92 Å². The van der Waals surface area contributed by atoms with Crippen molar-refractivity contribution < 1.29 is 9.53 Å². The number of aromatic nitrogens is 2. The number of hydrogen-bond donors (Lipinski definition) is 0. The first-order chi connectivity index (χ1) is 10.7. The van der Waals surface area contributed by atoms with Gasteiger partial charge in [-0.15, -0.1) is 0 Å². The predicted molar refractivity (Wildman–Crippen MR) is 90.6 cm³/mol. The van der Waals surface area contributed by atoms with Crippen LogP contribution < -0.4 is 0 Å². The highest BCUT2D eigenvalue weighted by atomic mass is 16.5. The average Bonchev–Trinajstić information content (AvgIpc) is 2.98. The van der Waals surface area contributed by atoms with Crippen LogP contribution in [0.15, 0.2) is 30.6 Å². The van der Waals surface area contributed by atoms with Gasteiger partial charge in [0.25, 0.3) is 0 Å². The van der Waals surface area contributed by atoms with E-state index in [1.165, 1.54) is 0 Å². The lowest BCUT2D eigenvalue weighted by Crippen LogP contribution is -2.06. The monoisotopic (exact) mass is 304 g/mol. The number of rotatable bonds is 7. The molecule has 1 aliphatic rings. The molecule has 1 atom stereocenters. The van der Waals surface area contributed by atoms with E-state index in [-0.39, 0.29) is 5.78 Å². The molecule has 1 unspecified atom stereocenters. The molecular weight excluding hydrogens is 276 g/mol. The first-order valence-electron chi connectivity index (χ1n) is 8.17. The van der Waals surface area contributed by atoms with Crippen molar-refractivity contribution in [3.05, 3.63) is 36.2 Å². The van der Waals surface area contributed by atoms with Crippen molar-refractivity contribution in [2.45, 2.75) is 47.1 Å². The minimum atomic E-state index is 0.244. The van der Waals surface area contributed by atoms with E-state index in [9.17, 15) is 4.79 Å². The molecule has 2 rings (SSSR count). The number of Topliss-reactive ketones (excluding diaryl/α,β-unsaturated/α-hetero) is 1. The van der Waals surface area contributed by atoms with Gasteiger partial charge in [-0.1, -0.05) is 32.1 Å². The van der Waals surface area contributed by atoms with Crippen molar-refractivity contribution >= 4 is 11.4 Å². The third-order valence-electron chi connectivity index (χ3n) is 3.34. The Morgan fingerprint density at radius 2 is 2.23 bits per heavy atom. The van der Waals surface area contributed by atoms with Gasteiger partial charge in [0.05, 0.1) is 19.3 Å². The van der Waals surface area contributed by atoms with E-state index in [1.807, 2.05) is 37.8 Å². The molecule has 1 aliphatic carbocycles. The summed E-state index contributed by atoms with van der Waals surface area (Å²) in [4.78, 5) is 11.2. The minimum Gasteiger partial charge on any atom is -0.380 e. The molecular formula is C18H28N2O2. The number of carbonyl (C=O) groups is 1. The number of hydrogen-bond acceptors (Lipinski definition) is 3. The van der Waals surface area contributed by atoms with Gasteiger partial charge >= 0.3 is 0 Å². The summed E-state index contributed by atoms with van der Waals surface area (Å²) in [6.07, 6.45) is 11.9. The predicted octanol–water partition coefficient (Wildman–Crippen LogP) is 3.88. The average molecular weight is 304 g/mol. The van der Waals surface area contributed by atoms with Crippen LogP contribution in [0.5, 0.6) is 0 Å². The number of ether oxygens (including phenoxy) is 1. The van der Waals surface area contributed by atoms with Gasteiger partial charge in [-0.3, -0.25) is 4.68 Å². The van der Waals surface area contributed by atoms with E-state index in [4.69, 9.17) is 4.74 Å². The fraction of sp³-hybridized carbons (Fsp3) is 0.556. The van der Waals surface area contributed by atoms with Crippen molar-refractivity contribution in [3.63, 3.8) is 0 Å². The highest BCUT2D eigenvalue weighted by molar-refractivity contribution is 5.78. The summed E-state index contributed by atoms with van der Waals surface area (Å²) in [5, 5.41) is 4.34. The maximum absolute atomic E-state index is 11.2. The molecule has 0 saturated carbocycles. The largest absolute Gasteiger partial charge is 0.380 e. The molecule has 1 aromatic rings. The molecule has 0 aromatic carbocycles. The summed E-state index contributed by atoms with van der Waals surface area (Å²) in [7, 11) is 0. The molecule has 0 spiro atoms. The highest BCUT2D eigenvalue weighted by Gasteiger charge is 2.13. The molecule has 0 fully saturated rings. The molecule has 0 N–H and O–H groups in total. The van der Waals surface area contributed by atoms with Crippen LogP contribution in [-0.2, 0) is 16.1 Å². The van der Waals surface area contributed by atoms with Crippen LogP contribution in [0.25, 0.3) is 5.57 Å². The standard InChI is InChI=1S/C16H22N2O2.C2H6/c1-3-20-8-7-18-12-16(11-17-18)15-6-4-5-14(10-15)9-13(2)19;1-2/h4,6,10-12,14H,3,5,7-9H2,1-2H3;1-2H3. The fourth-order valence-electron chi connectivity index (χ4n) is 2.39. The smallest absolute Gasteiger partial charge is 0.130 e. The Hall–Kier alpha value is -1.68. The molecule has 1 heterocycles. The lowest BCUT2D eigenvalue weighted by molar-refractivity contribution is -0.117. The van der Waals surface area contributed by atoms with Crippen LogP contribution in [0, 0.1) is 5.92 Å². The second-order valence-corrected chi connectivity index (χ2v) is 5.12. The van der Waals surface area contributed by atoms with Crippen molar-refractivity contribution in [2.75, 3.05) is 13.2 Å². The maximum atomic E-state index is 11.2. The van der Waals surface area contributed by atoms with E-state index in [2.05, 4.69) is 23.3 Å². The Morgan fingerprint density at radius 1 is 1.45 bits per heavy atom. The topological polar surface area (TPSA) is 44.1 Å². The van der Waals surface area contributed by atoms with Crippen LogP contribution in [-0.4, -0.2) is 28.8 Å². The van der Waals surface area contributed by atoms with Gasteiger partial charge in [-0.05, 0) is 31.8 Å². The van der Waals surface area contributed by atoms with E-state index in [1.54, 1.807) is 6.92 Å². The molecule has 0 amide bonds. The summed E-state index contributed by atoms with van der Waals surface area (Å²) >= 11 is 0. The molecule has 4 nitrogen and oxygen atoms in total. The Labute approximate surface area is 133 Å². The van der Waals surface area contributed by atoms with Gasteiger partial charge in [0.1, 0.15) is 5.78 Å². The second-order valence-electron chi connectivity index (χ2n) is 5.12. The summed E-state index contributed by atoms with van der Waals surface area (Å²) in [5.74, 6) is 0.563. The van der Waals surface area contributed by atoms with E-state index >= 15 is 0 Å². The van der Waals surface area contributed by atoms with Crippen LogP contribution in [0.2, 0.25) is 0 Å². The molecule has 0 aliphatic heterocycles. The summed E-state index contributed by atoms with van der Waals surface area (Å²) in [5.41, 5.74) is 2.26. The van der Waals surface area contributed by atoms with Crippen LogP contribution in [0.1, 0.15) is 46.1 Å². The zero-order chi connectivity index (χ0) is 16.4. The first-order valence-corrected chi connectivity index (χ1v) is 8.17. The Bertz CT molecular complexity index is 515. The Kier molecular flexibility index (Phi) is 8.44. The molecule has 0 radical (unpaired) electrons. The third kappa shape index (κ3) is 5.98. The minimum absolute atomic E-state index is 0.244. The molecule has 0 bridgehead atoms. The van der Waals surface area contributed by atoms with Gasteiger partial charge in [0.15, 0.2) is 0 Å². The van der Waals surface area contributed by atoms with Crippen molar-refractivity contribution in [1.82, 2.24) is 9.78 Å². The molecule has 1 aromatic heterocycles. The summed E-state index contributed by atoms with van der Waals surface area (Å²) < 4.78 is 7.22. The Morgan fingerprint density at radius 3 is 2.91 bits per heavy atom. The zero-order valence-electron chi connectivity index (χ0n) is 14.2. The Balaban J connectivity index is 0.00000116. The van der Waals surface area contributed by atoms with Crippen molar-refractivity contribution in [1.29, 1.82) is 0 Å². The van der Waals surface area contributed by atoms with E-state index < -0.39 is 0 Å². The van der Waals surface area contributed by atoms with Crippen LogP contribution >= 0.6 is 0 Å². The highest BCUT2D eigenvalue weighted by Crippen LogP contribution is 2.26. The van der Waals surface area contributed by atoms with Crippen LogP contribution in [0.3, 0.4) is 0 Å². The van der Waals surface area contributed by atoms with Crippen molar-refractivity contribution in [3.8, 4) is 0 Å². The molecule has 122 valence electrons. The van der Waals surface area contributed by atoms with Gasteiger partial charge in [-0.25, -0.2) is 0 Å². The lowest BCUT2D eigenvalue weighted by atomic mass is 9.90.